The molecule has 3 heterocycles. The summed E-state index contributed by atoms with van der Waals surface area (Å²) in [5.41, 5.74) is 0. The Hall–Kier alpha value is -0.880. The van der Waals surface area contributed by atoms with Gasteiger partial charge in [-0.1, -0.05) is 12.8 Å². The van der Waals surface area contributed by atoms with Crippen LogP contribution >= 0.6 is 24.0 Å². The lowest BCUT2D eigenvalue weighted by molar-refractivity contribution is -0.174. The fourth-order valence-corrected chi connectivity index (χ4v) is 4.70. The first-order valence-electron chi connectivity index (χ1n) is 12.5. The van der Waals surface area contributed by atoms with Crippen molar-refractivity contribution in [2.75, 3.05) is 59.1 Å². The molecule has 8 nitrogen and oxygen atoms in total. The lowest BCUT2D eigenvalue weighted by atomic mass is 10.1. The minimum absolute atomic E-state index is 0. The zero-order valence-corrected chi connectivity index (χ0v) is 22.1. The number of hydrogen-bond donors (Lipinski definition) is 2. The van der Waals surface area contributed by atoms with E-state index in [0.717, 1.165) is 83.3 Å². The van der Waals surface area contributed by atoms with E-state index >= 15 is 0 Å². The molecule has 1 saturated carbocycles. The standard InChI is InChI=1S/C24H40N4O4.HI/c1-2-4-10-24(9-3-1)31-20-22(32-24)19-27-23(26-12-8-21-7-5-16-30-21)25-11-6-13-28-14-17-29-18-15-28;/h5,7,16,22H,1-4,6,8-15,17-20H2,(H2,25,26,27);1H. The van der Waals surface area contributed by atoms with E-state index in [2.05, 4.69) is 15.5 Å². The van der Waals surface area contributed by atoms with Crippen molar-refractivity contribution >= 4 is 29.9 Å². The number of halogens is 1. The molecule has 4 rings (SSSR count). The van der Waals surface area contributed by atoms with Crippen molar-refractivity contribution in [3.8, 4) is 0 Å². The Bertz CT molecular complexity index is 674. The maximum atomic E-state index is 6.37. The molecule has 188 valence electrons. The molecule has 0 aromatic carbocycles. The lowest BCUT2D eigenvalue weighted by Crippen LogP contribution is -2.41. The molecule has 1 atom stereocenters. The van der Waals surface area contributed by atoms with Crippen LogP contribution in [-0.4, -0.2) is 81.8 Å². The van der Waals surface area contributed by atoms with Crippen LogP contribution in [0.1, 0.15) is 50.7 Å². The topological polar surface area (TPSA) is 80.5 Å². The Balaban J connectivity index is 0.00000306. The van der Waals surface area contributed by atoms with Crippen LogP contribution in [-0.2, 0) is 20.6 Å². The van der Waals surface area contributed by atoms with Crippen molar-refractivity contribution in [1.29, 1.82) is 0 Å². The zero-order valence-electron chi connectivity index (χ0n) is 19.8. The molecule has 1 aromatic heterocycles. The van der Waals surface area contributed by atoms with E-state index in [0.29, 0.717) is 13.2 Å². The van der Waals surface area contributed by atoms with Gasteiger partial charge in [-0.15, -0.1) is 24.0 Å². The van der Waals surface area contributed by atoms with Crippen LogP contribution in [0.2, 0.25) is 0 Å². The smallest absolute Gasteiger partial charge is 0.191 e. The predicted octanol–water partition coefficient (Wildman–Crippen LogP) is 3.16. The molecule has 2 N–H and O–H groups in total. The molecule has 9 heteroatoms. The molecule has 33 heavy (non-hydrogen) atoms. The summed E-state index contributed by atoms with van der Waals surface area (Å²) in [6.45, 7) is 7.75. The first-order chi connectivity index (χ1) is 15.8. The molecule has 1 unspecified atom stereocenters. The van der Waals surface area contributed by atoms with Gasteiger partial charge in [0.05, 0.1) is 32.6 Å². The summed E-state index contributed by atoms with van der Waals surface area (Å²) in [4.78, 5) is 7.30. The molecule has 0 bridgehead atoms. The number of rotatable bonds is 9. The van der Waals surface area contributed by atoms with E-state index in [1.165, 1.54) is 25.7 Å². The molecule has 2 aliphatic heterocycles. The van der Waals surface area contributed by atoms with E-state index in [1.54, 1.807) is 6.26 Å². The van der Waals surface area contributed by atoms with Gasteiger partial charge in [-0.25, -0.2) is 0 Å². The molecule has 3 aliphatic rings. The van der Waals surface area contributed by atoms with Gasteiger partial charge in [-0.05, 0) is 37.9 Å². The summed E-state index contributed by atoms with van der Waals surface area (Å²) in [5.74, 6) is 1.46. The van der Waals surface area contributed by atoms with Gasteiger partial charge in [-0.3, -0.25) is 9.89 Å². The molecule has 2 saturated heterocycles. The zero-order chi connectivity index (χ0) is 21.9. The fourth-order valence-electron chi connectivity index (χ4n) is 4.70. The van der Waals surface area contributed by atoms with Gasteiger partial charge in [0.2, 0.25) is 0 Å². The number of ether oxygens (including phenoxy) is 3. The summed E-state index contributed by atoms with van der Waals surface area (Å²) < 4.78 is 23.4. The highest BCUT2D eigenvalue weighted by Gasteiger charge is 2.41. The first-order valence-corrected chi connectivity index (χ1v) is 12.5. The minimum atomic E-state index is -0.352. The fraction of sp³-hybridized carbons (Fsp3) is 0.792. The van der Waals surface area contributed by atoms with Gasteiger partial charge in [0.25, 0.3) is 0 Å². The van der Waals surface area contributed by atoms with Crippen LogP contribution in [0, 0.1) is 0 Å². The highest BCUT2D eigenvalue weighted by atomic mass is 127. The third-order valence-corrected chi connectivity index (χ3v) is 6.52. The van der Waals surface area contributed by atoms with Crippen LogP contribution in [0.4, 0.5) is 0 Å². The molecule has 3 fully saturated rings. The van der Waals surface area contributed by atoms with Crippen molar-refractivity contribution < 1.29 is 18.6 Å². The highest BCUT2D eigenvalue weighted by molar-refractivity contribution is 14.0. The van der Waals surface area contributed by atoms with Crippen molar-refractivity contribution in [1.82, 2.24) is 15.5 Å². The van der Waals surface area contributed by atoms with Crippen molar-refractivity contribution in [2.45, 2.75) is 63.3 Å². The van der Waals surface area contributed by atoms with Gasteiger partial charge in [0.15, 0.2) is 11.7 Å². The monoisotopic (exact) mass is 576 g/mol. The second-order valence-corrected chi connectivity index (χ2v) is 9.06. The summed E-state index contributed by atoms with van der Waals surface area (Å²) >= 11 is 0. The van der Waals surface area contributed by atoms with E-state index in [9.17, 15) is 0 Å². The summed E-state index contributed by atoms with van der Waals surface area (Å²) in [7, 11) is 0. The van der Waals surface area contributed by atoms with E-state index < -0.39 is 0 Å². The quantitative estimate of drug-likeness (QED) is 0.202. The lowest BCUT2D eigenvalue weighted by Gasteiger charge is -2.26. The van der Waals surface area contributed by atoms with Gasteiger partial charge >= 0.3 is 0 Å². The molecule has 0 amide bonds. The minimum Gasteiger partial charge on any atom is -0.469 e. The molecule has 0 radical (unpaired) electrons. The maximum absolute atomic E-state index is 6.37. The van der Waals surface area contributed by atoms with E-state index in [1.807, 2.05) is 12.1 Å². The Kier molecular flexibility index (Phi) is 11.7. The first kappa shape index (κ1) is 26.7. The van der Waals surface area contributed by atoms with Gasteiger partial charge < -0.3 is 29.3 Å². The van der Waals surface area contributed by atoms with E-state index in [4.69, 9.17) is 23.6 Å². The Morgan fingerprint density at radius 3 is 2.64 bits per heavy atom. The van der Waals surface area contributed by atoms with Crippen molar-refractivity contribution in [3.05, 3.63) is 24.2 Å². The Morgan fingerprint density at radius 2 is 1.88 bits per heavy atom. The molecule has 1 aliphatic carbocycles. The third kappa shape index (κ3) is 9.01. The number of aliphatic imine (C=N–C) groups is 1. The number of nitrogens with zero attached hydrogens (tertiary/aromatic N) is 2. The number of guanidine groups is 1. The number of hydrogen-bond acceptors (Lipinski definition) is 6. The van der Waals surface area contributed by atoms with E-state index in [-0.39, 0.29) is 35.9 Å². The van der Waals surface area contributed by atoms with Crippen LogP contribution in [0.3, 0.4) is 0 Å². The predicted molar refractivity (Wildman–Crippen MR) is 139 cm³/mol. The summed E-state index contributed by atoms with van der Waals surface area (Å²) in [6.07, 6.45) is 10.6. The molecule has 1 spiro atoms. The third-order valence-electron chi connectivity index (χ3n) is 6.52. The number of furan rings is 1. The number of morpholine rings is 1. The average Bonchev–Trinajstić information content (AvgIpc) is 3.42. The van der Waals surface area contributed by atoms with Crippen LogP contribution in [0.15, 0.2) is 27.8 Å². The second kappa shape index (κ2) is 14.5. The summed E-state index contributed by atoms with van der Waals surface area (Å²) in [5, 5.41) is 6.95. The molecular formula is C24H41IN4O4. The van der Waals surface area contributed by atoms with Crippen LogP contribution in [0.25, 0.3) is 0 Å². The van der Waals surface area contributed by atoms with Gasteiger partial charge in [0, 0.05) is 45.4 Å². The molecule has 1 aromatic rings. The molecular weight excluding hydrogens is 535 g/mol. The van der Waals surface area contributed by atoms with Crippen LogP contribution < -0.4 is 10.6 Å². The highest BCUT2D eigenvalue weighted by Crippen LogP contribution is 2.36. The normalized spacial score (nSPS) is 23.8. The summed E-state index contributed by atoms with van der Waals surface area (Å²) in [6, 6.07) is 3.93. The SMILES string of the molecule is I.c1coc(CCNC(=NCC2COC3(CCCCCC3)O2)NCCCN2CCOCC2)c1. The Morgan fingerprint density at radius 1 is 1.09 bits per heavy atom. The maximum Gasteiger partial charge on any atom is 0.191 e. The Labute approximate surface area is 215 Å². The van der Waals surface area contributed by atoms with Gasteiger partial charge in [0.1, 0.15) is 11.9 Å². The van der Waals surface area contributed by atoms with Crippen molar-refractivity contribution in [3.63, 3.8) is 0 Å². The average molecular weight is 577 g/mol. The van der Waals surface area contributed by atoms with Crippen LogP contribution in [0.5, 0.6) is 0 Å². The number of nitrogens with one attached hydrogen (secondary N) is 2. The van der Waals surface area contributed by atoms with Crippen molar-refractivity contribution in [2.24, 2.45) is 4.99 Å². The van der Waals surface area contributed by atoms with Gasteiger partial charge in [-0.2, -0.15) is 0 Å². The largest absolute Gasteiger partial charge is 0.469 e. The second-order valence-electron chi connectivity index (χ2n) is 9.06.